The second-order valence-electron chi connectivity index (χ2n) is 5.02. The number of rotatable bonds is 2. The molecule has 3 rings (SSSR count). The fraction of sp³-hybridized carbons (Fsp3) is 0.217. The van der Waals surface area contributed by atoms with Gasteiger partial charge in [-0.05, 0) is 28.3 Å². The molecule has 120 valence electrons. The van der Waals surface area contributed by atoms with Gasteiger partial charge in [-0.25, -0.2) is 0 Å². The molecule has 0 aliphatic heterocycles. The van der Waals surface area contributed by atoms with Crippen LogP contribution in [0.15, 0.2) is 84.9 Å². The predicted molar refractivity (Wildman–Crippen MR) is 105 cm³/mol. The molecule has 0 atom stereocenters. The Labute approximate surface area is 141 Å². The van der Waals surface area contributed by atoms with Gasteiger partial charge in [0.05, 0.1) is 0 Å². The molecule has 0 aromatic heterocycles. The van der Waals surface area contributed by atoms with E-state index in [4.69, 9.17) is 0 Å². The topological polar surface area (TPSA) is 0 Å². The molecule has 0 aliphatic carbocycles. The molecule has 0 saturated heterocycles. The van der Waals surface area contributed by atoms with Crippen LogP contribution in [0.1, 0.15) is 34.1 Å². The van der Waals surface area contributed by atoms with Crippen LogP contribution in [0.3, 0.4) is 0 Å². The van der Waals surface area contributed by atoms with E-state index in [-0.39, 0.29) is 0 Å². The van der Waals surface area contributed by atoms with E-state index >= 15 is 0 Å². The molecule has 0 saturated carbocycles. The van der Waals surface area contributed by atoms with Crippen molar-refractivity contribution in [2.24, 2.45) is 0 Å². The summed E-state index contributed by atoms with van der Waals surface area (Å²) in [6.45, 7) is 8.25. The molecule has 0 unspecified atom stereocenters. The van der Waals surface area contributed by atoms with E-state index in [0.717, 1.165) is 0 Å². The van der Waals surface area contributed by atoms with E-state index in [9.17, 15) is 0 Å². The summed E-state index contributed by atoms with van der Waals surface area (Å²) in [5.41, 5.74) is 5.04. The molecular weight excluding hydrogens is 276 g/mol. The standard InChI is InChI=1S/C18H14.C3H8.C2H6/c1-3-8-15(9-4-1)17-12-7-13-18(14-17)16-10-5-2-6-11-16;1-3-2;1-2/h1-14H;3H2,1-2H3;1-2H3. The molecule has 0 nitrogen and oxygen atoms in total. The van der Waals surface area contributed by atoms with Gasteiger partial charge in [-0.2, -0.15) is 0 Å². The van der Waals surface area contributed by atoms with Crippen molar-refractivity contribution < 1.29 is 0 Å². The highest BCUT2D eigenvalue weighted by Crippen LogP contribution is 2.25. The zero-order valence-corrected chi connectivity index (χ0v) is 14.8. The van der Waals surface area contributed by atoms with E-state index in [0.29, 0.717) is 0 Å². The zero-order valence-electron chi connectivity index (χ0n) is 14.8. The summed E-state index contributed by atoms with van der Waals surface area (Å²) in [5.74, 6) is 0. The third-order valence-corrected chi connectivity index (χ3v) is 3.08. The zero-order chi connectivity index (χ0) is 16.9. The van der Waals surface area contributed by atoms with Crippen LogP contribution >= 0.6 is 0 Å². The first-order valence-corrected chi connectivity index (χ1v) is 8.56. The summed E-state index contributed by atoms with van der Waals surface area (Å²) in [4.78, 5) is 0. The Morgan fingerprint density at radius 1 is 0.478 bits per heavy atom. The third kappa shape index (κ3) is 6.12. The predicted octanol–water partition coefficient (Wildman–Crippen LogP) is 7.46. The van der Waals surface area contributed by atoms with Gasteiger partial charge in [0.2, 0.25) is 0 Å². The van der Waals surface area contributed by atoms with Crippen LogP contribution in [0.4, 0.5) is 0 Å². The SMILES string of the molecule is CC.CCC.c1ccc(-c2cccc(-c3ccccc3)c2)cc1. The van der Waals surface area contributed by atoms with Crippen LogP contribution in [0.25, 0.3) is 22.3 Å². The lowest BCUT2D eigenvalue weighted by Crippen LogP contribution is -1.80. The van der Waals surface area contributed by atoms with Gasteiger partial charge in [-0.1, -0.05) is 113 Å². The van der Waals surface area contributed by atoms with Crippen LogP contribution in [-0.4, -0.2) is 0 Å². The maximum atomic E-state index is 2.24. The molecule has 23 heavy (non-hydrogen) atoms. The molecule has 0 aliphatic rings. The molecular formula is C23H28. The Kier molecular flexibility index (Phi) is 9.16. The molecule has 0 spiro atoms. The summed E-state index contributed by atoms with van der Waals surface area (Å²) in [5, 5.41) is 0. The molecule has 0 heterocycles. The molecule has 3 aromatic rings. The fourth-order valence-corrected chi connectivity index (χ4v) is 2.14. The molecule has 0 bridgehead atoms. The average molecular weight is 304 g/mol. The lowest BCUT2D eigenvalue weighted by molar-refractivity contribution is 1.09. The third-order valence-electron chi connectivity index (χ3n) is 3.08. The Morgan fingerprint density at radius 3 is 1.13 bits per heavy atom. The van der Waals surface area contributed by atoms with Crippen LogP contribution in [-0.2, 0) is 0 Å². The van der Waals surface area contributed by atoms with Crippen LogP contribution in [0.2, 0.25) is 0 Å². The first kappa shape index (κ1) is 18.7. The molecule has 0 amide bonds. The van der Waals surface area contributed by atoms with Gasteiger partial charge in [-0.3, -0.25) is 0 Å². The molecule has 0 radical (unpaired) electrons. The molecule has 0 N–H and O–H groups in total. The van der Waals surface area contributed by atoms with Crippen LogP contribution in [0, 0.1) is 0 Å². The highest BCUT2D eigenvalue weighted by atomic mass is 14.0. The van der Waals surface area contributed by atoms with Gasteiger partial charge >= 0.3 is 0 Å². The van der Waals surface area contributed by atoms with E-state index in [1.54, 1.807) is 0 Å². The van der Waals surface area contributed by atoms with E-state index in [1.165, 1.54) is 28.7 Å². The molecule has 3 aromatic carbocycles. The van der Waals surface area contributed by atoms with E-state index in [2.05, 4.69) is 86.6 Å². The van der Waals surface area contributed by atoms with Gasteiger partial charge in [0, 0.05) is 0 Å². The van der Waals surface area contributed by atoms with Crippen molar-refractivity contribution in [3.63, 3.8) is 0 Å². The monoisotopic (exact) mass is 304 g/mol. The Hall–Kier alpha value is -2.34. The maximum absolute atomic E-state index is 2.24. The Morgan fingerprint density at radius 2 is 0.783 bits per heavy atom. The average Bonchev–Trinajstić information content (AvgIpc) is 2.66. The second-order valence-corrected chi connectivity index (χ2v) is 5.02. The fourth-order valence-electron chi connectivity index (χ4n) is 2.14. The normalized spacial score (nSPS) is 9.04. The highest BCUT2D eigenvalue weighted by molar-refractivity contribution is 5.72. The lowest BCUT2D eigenvalue weighted by atomic mass is 9.99. The Bertz CT molecular complexity index is 584. The summed E-state index contributed by atoms with van der Waals surface area (Å²) in [6.07, 6.45) is 1.25. The maximum Gasteiger partial charge on any atom is -0.0178 e. The largest absolute Gasteiger partial charge is 0.0683 e. The van der Waals surface area contributed by atoms with Gasteiger partial charge in [-0.15, -0.1) is 0 Å². The number of hydrogen-bond acceptors (Lipinski definition) is 0. The smallest absolute Gasteiger partial charge is 0.0178 e. The number of hydrogen-bond donors (Lipinski definition) is 0. The van der Waals surface area contributed by atoms with Crippen molar-refractivity contribution in [3.05, 3.63) is 84.9 Å². The van der Waals surface area contributed by atoms with Crippen molar-refractivity contribution in [2.45, 2.75) is 34.1 Å². The summed E-state index contributed by atoms with van der Waals surface area (Å²) < 4.78 is 0. The van der Waals surface area contributed by atoms with Gasteiger partial charge < -0.3 is 0 Å². The Balaban J connectivity index is 0.000000477. The van der Waals surface area contributed by atoms with Crippen molar-refractivity contribution in [1.29, 1.82) is 0 Å². The summed E-state index contributed by atoms with van der Waals surface area (Å²) >= 11 is 0. The quantitative estimate of drug-likeness (QED) is 0.461. The van der Waals surface area contributed by atoms with Crippen molar-refractivity contribution >= 4 is 0 Å². The van der Waals surface area contributed by atoms with Crippen molar-refractivity contribution in [2.75, 3.05) is 0 Å². The van der Waals surface area contributed by atoms with Gasteiger partial charge in [0.15, 0.2) is 0 Å². The van der Waals surface area contributed by atoms with Crippen LogP contribution < -0.4 is 0 Å². The molecule has 0 heteroatoms. The van der Waals surface area contributed by atoms with E-state index in [1.807, 2.05) is 26.0 Å². The molecule has 0 fully saturated rings. The van der Waals surface area contributed by atoms with Gasteiger partial charge in [0.25, 0.3) is 0 Å². The van der Waals surface area contributed by atoms with Gasteiger partial charge in [0.1, 0.15) is 0 Å². The van der Waals surface area contributed by atoms with Crippen molar-refractivity contribution in [1.82, 2.24) is 0 Å². The summed E-state index contributed by atoms with van der Waals surface area (Å²) in [7, 11) is 0. The first-order valence-electron chi connectivity index (χ1n) is 8.56. The minimum atomic E-state index is 1.25. The van der Waals surface area contributed by atoms with E-state index < -0.39 is 0 Å². The summed E-state index contributed by atoms with van der Waals surface area (Å²) in [6, 6.07) is 29.6. The number of benzene rings is 3. The highest BCUT2D eigenvalue weighted by Gasteiger charge is 2.00. The minimum Gasteiger partial charge on any atom is -0.0683 e. The van der Waals surface area contributed by atoms with Crippen LogP contribution in [0.5, 0.6) is 0 Å². The second kappa shape index (κ2) is 11.3. The first-order chi connectivity index (χ1) is 11.3. The van der Waals surface area contributed by atoms with Crippen molar-refractivity contribution in [3.8, 4) is 22.3 Å². The minimum absolute atomic E-state index is 1.25. The lowest BCUT2D eigenvalue weighted by Gasteiger charge is -2.05.